The van der Waals surface area contributed by atoms with Crippen molar-refractivity contribution in [3.05, 3.63) is 0 Å². The van der Waals surface area contributed by atoms with Crippen molar-refractivity contribution in [2.24, 2.45) is 0 Å². The van der Waals surface area contributed by atoms with Crippen LogP contribution >= 0.6 is 32.3 Å². The van der Waals surface area contributed by atoms with Crippen LogP contribution in [0.15, 0.2) is 0 Å². The molecular formula is C8H10Br2N2O3. The lowest BCUT2D eigenvalue weighted by Gasteiger charge is -2.31. The van der Waals surface area contributed by atoms with E-state index >= 15 is 0 Å². The molecule has 2 heterocycles. The maximum absolute atomic E-state index is 11.9. The summed E-state index contributed by atoms with van der Waals surface area (Å²) in [6.07, 6.45) is 1.47. The summed E-state index contributed by atoms with van der Waals surface area (Å²) in [5, 5.41) is 0. The number of ether oxygens (including phenoxy) is 1. The average molecular weight is 342 g/mol. The van der Waals surface area contributed by atoms with Crippen LogP contribution < -0.4 is 0 Å². The van der Waals surface area contributed by atoms with Crippen molar-refractivity contribution >= 4 is 44.2 Å². The lowest BCUT2D eigenvalue weighted by atomic mass is 9.93. The van der Waals surface area contributed by atoms with Crippen LogP contribution in [0.4, 0.5) is 4.79 Å². The third-order valence-corrected chi connectivity index (χ3v) is 4.58. The highest BCUT2D eigenvalue weighted by Crippen LogP contribution is 2.39. The average Bonchev–Trinajstić information content (AvgIpc) is 2.81. The van der Waals surface area contributed by atoms with Crippen molar-refractivity contribution in [2.45, 2.75) is 31.4 Å². The highest BCUT2D eigenvalue weighted by molar-refractivity contribution is 9.08. The van der Waals surface area contributed by atoms with Crippen molar-refractivity contribution in [2.75, 3.05) is 6.61 Å². The molecule has 7 heteroatoms. The van der Waals surface area contributed by atoms with Crippen LogP contribution in [-0.2, 0) is 9.53 Å². The standard InChI is InChI=1S/C8H10Br2N2O3/c1-8(5-3-2-4-15-5)6(13)11(9)7(14)12(8)10/h5H,2-4H2,1H3. The first-order valence-corrected chi connectivity index (χ1v) is 6.03. The lowest BCUT2D eigenvalue weighted by Crippen LogP contribution is -2.51. The molecule has 0 aromatic rings. The van der Waals surface area contributed by atoms with Crippen molar-refractivity contribution in [1.82, 2.24) is 7.85 Å². The van der Waals surface area contributed by atoms with Gasteiger partial charge in [0.1, 0.15) is 0 Å². The Morgan fingerprint density at radius 2 is 2.13 bits per heavy atom. The molecule has 0 saturated carbocycles. The Hall–Kier alpha value is -0.140. The second kappa shape index (κ2) is 3.71. The van der Waals surface area contributed by atoms with E-state index in [0.29, 0.717) is 6.61 Å². The molecule has 0 radical (unpaired) electrons. The molecule has 2 fully saturated rings. The molecule has 2 unspecified atom stereocenters. The summed E-state index contributed by atoms with van der Waals surface area (Å²) < 4.78 is 7.68. The van der Waals surface area contributed by atoms with Gasteiger partial charge in [-0.05, 0) is 19.8 Å². The van der Waals surface area contributed by atoms with Gasteiger partial charge in [-0.1, -0.05) is 0 Å². The zero-order chi connectivity index (χ0) is 11.2. The van der Waals surface area contributed by atoms with E-state index in [1.165, 1.54) is 3.93 Å². The molecular weight excluding hydrogens is 332 g/mol. The second-order valence-electron chi connectivity index (χ2n) is 3.80. The second-order valence-corrected chi connectivity index (χ2v) is 5.22. The number of carbonyl (C=O) groups is 2. The number of hydrogen-bond acceptors (Lipinski definition) is 3. The molecule has 15 heavy (non-hydrogen) atoms. The van der Waals surface area contributed by atoms with E-state index in [9.17, 15) is 9.59 Å². The molecule has 3 amide bonds. The number of hydrogen-bond donors (Lipinski definition) is 0. The first kappa shape index (κ1) is 11.3. The Morgan fingerprint density at radius 3 is 2.53 bits per heavy atom. The van der Waals surface area contributed by atoms with Gasteiger partial charge in [0, 0.05) is 6.61 Å². The minimum Gasteiger partial charge on any atom is -0.375 e. The van der Waals surface area contributed by atoms with Gasteiger partial charge in [0.15, 0.2) is 5.54 Å². The predicted molar refractivity (Wildman–Crippen MR) is 59.3 cm³/mol. The number of halogens is 2. The summed E-state index contributed by atoms with van der Waals surface area (Å²) in [4.78, 5) is 23.5. The Morgan fingerprint density at radius 1 is 1.47 bits per heavy atom. The maximum atomic E-state index is 11.9. The van der Waals surface area contributed by atoms with Gasteiger partial charge in [-0.3, -0.25) is 4.79 Å². The first-order chi connectivity index (χ1) is 6.99. The molecule has 84 valence electrons. The largest absolute Gasteiger partial charge is 0.375 e. The van der Waals surface area contributed by atoms with Gasteiger partial charge in [0.05, 0.1) is 38.4 Å². The molecule has 0 spiro atoms. The fourth-order valence-electron chi connectivity index (χ4n) is 1.93. The minimum absolute atomic E-state index is 0.240. The van der Waals surface area contributed by atoms with E-state index in [4.69, 9.17) is 4.74 Å². The molecule has 0 N–H and O–H groups in total. The third kappa shape index (κ3) is 1.43. The van der Waals surface area contributed by atoms with Crippen molar-refractivity contribution in [3.8, 4) is 0 Å². The molecule has 0 bridgehead atoms. The highest BCUT2D eigenvalue weighted by Gasteiger charge is 2.58. The van der Waals surface area contributed by atoms with Crippen molar-refractivity contribution < 1.29 is 14.3 Å². The molecule has 5 nitrogen and oxygen atoms in total. The van der Waals surface area contributed by atoms with Crippen LogP contribution in [0.1, 0.15) is 19.8 Å². The van der Waals surface area contributed by atoms with Gasteiger partial charge >= 0.3 is 6.03 Å². The first-order valence-electron chi connectivity index (χ1n) is 4.61. The topological polar surface area (TPSA) is 49.9 Å². The van der Waals surface area contributed by atoms with E-state index in [-0.39, 0.29) is 12.0 Å². The molecule has 2 aliphatic heterocycles. The monoisotopic (exact) mass is 340 g/mol. The Bertz CT molecular complexity index is 319. The molecule has 0 aliphatic carbocycles. The van der Waals surface area contributed by atoms with E-state index < -0.39 is 11.6 Å². The third-order valence-electron chi connectivity index (χ3n) is 2.91. The van der Waals surface area contributed by atoms with Crippen LogP contribution in [0.25, 0.3) is 0 Å². The van der Waals surface area contributed by atoms with Crippen LogP contribution in [-0.4, -0.2) is 38.0 Å². The lowest BCUT2D eigenvalue weighted by molar-refractivity contribution is -0.132. The quantitative estimate of drug-likeness (QED) is 0.540. The minimum atomic E-state index is -0.947. The van der Waals surface area contributed by atoms with E-state index in [2.05, 4.69) is 32.3 Å². The summed E-state index contributed by atoms with van der Waals surface area (Å²) in [6, 6.07) is -0.419. The zero-order valence-electron chi connectivity index (χ0n) is 8.07. The fourth-order valence-corrected chi connectivity index (χ4v) is 3.20. The zero-order valence-corrected chi connectivity index (χ0v) is 11.2. The fraction of sp³-hybridized carbons (Fsp3) is 0.750. The molecule has 2 atom stereocenters. The normalized spacial score (nSPS) is 36.9. The predicted octanol–water partition coefficient (Wildman–Crippen LogP) is 1.81. The molecule has 2 rings (SSSR count). The van der Waals surface area contributed by atoms with Gasteiger partial charge in [0.25, 0.3) is 5.91 Å². The Kier molecular flexibility index (Phi) is 2.81. The maximum Gasteiger partial charge on any atom is 0.348 e. The summed E-state index contributed by atoms with van der Waals surface area (Å²) in [5.41, 5.74) is -0.947. The number of rotatable bonds is 1. The van der Waals surface area contributed by atoms with Gasteiger partial charge in [-0.15, -0.1) is 0 Å². The van der Waals surface area contributed by atoms with Crippen LogP contribution in [0.5, 0.6) is 0 Å². The highest BCUT2D eigenvalue weighted by atomic mass is 79.9. The Balaban J connectivity index is 2.33. The molecule has 2 aliphatic rings. The van der Waals surface area contributed by atoms with E-state index in [0.717, 1.165) is 16.8 Å². The van der Waals surface area contributed by atoms with E-state index in [1.807, 2.05) is 0 Å². The number of imide groups is 1. The summed E-state index contributed by atoms with van der Waals surface area (Å²) in [6.45, 7) is 2.35. The van der Waals surface area contributed by atoms with Gasteiger partial charge < -0.3 is 4.74 Å². The van der Waals surface area contributed by atoms with Crippen LogP contribution in [0, 0.1) is 0 Å². The van der Waals surface area contributed by atoms with Gasteiger partial charge in [0.2, 0.25) is 0 Å². The molecule has 0 aromatic carbocycles. The van der Waals surface area contributed by atoms with Crippen molar-refractivity contribution in [3.63, 3.8) is 0 Å². The van der Waals surface area contributed by atoms with Crippen LogP contribution in [0.3, 0.4) is 0 Å². The smallest absolute Gasteiger partial charge is 0.348 e. The number of urea groups is 1. The van der Waals surface area contributed by atoms with E-state index in [1.54, 1.807) is 6.92 Å². The van der Waals surface area contributed by atoms with Crippen LogP contribution in [0.2, 0.25) is 0 Å². The summed E-state index contributed by atoms with van der Waals surface area (Å²) >= 11 is 6.07. The Labute approximate surface area is 104 Å². The summed E-state index contributed by atoms with van der Waals surface area (Å²) in [7, 11) is 0. The van der Waals surface area contributed by atoms with Gasteiger partial charge in [-0.25, -0.2) is 8.72 Å². The molecule has 2 saturated heterocycles. The summed E-state index contributed by atoms with van der Waals surface area (Å²) in [5.74, 6) is -0.295. The number of nitrogens with zero attached hydrogens (tertiary/aromatic N) is 2. The number of amides is 3. The van der Waals surface area contributed by atoms with Crippen molar-refractivity contribution in [1.29, 1.82) is 0 Å². The SMILES string of the molecule is CC1(C2CCCO2)C(=O)N(Br)C(=O)N1Br. The van der Waals surface area contributed by atoms with Gasteiger partial charge in [-0.2, -0.15) is 3.93 Å². The molecule has 0 aromatic heterocycles. The number of carbonyl (C=O) groups excluding carboxylic acids is 2.